The zero-order valence-corrected chi connectivity index (χ0v) is 12.5. The van der Waals surface area contributed by atoms with Crippen LogP contribution in [0.25, 0.3) is 0 Å². The number of ketones is 1. The fraction of sp³-hybridized carbons (Fsp3) is 0.769. The Hall–Kier alpha value is -0.453. The molecule has 0 aliphatic rings. The van der Waals surface area contributed by atoms with Gasteiger partial charge in [-0.1, -0.05) is 46.1 Å². The van der Waals surface area contributed by atoms with Crippen molar-refractivity contribution in [3.63, 3.8) is 0 Å². The third-order valence-electron chi connectivity index (χ3n) is 2.87. The predicted molar refractivity (Wildman–Crippen MR) is 73.3 cm³/mol. The fourth-order valence-electron chi connectivity index (χ4n) is 1.82. The van der Waals surface area contributed by atoms with Gasteiger partial charge in [-0.3, -0.25) is 4.79 Å². The number of rotatable bonds is 11. The zero-order valence-electron chi connectivity index (χ0n) is 11.5. The Morgan fingerprint density at radius 2 is 1.94 bits per heavy atom. The Balaban J connectivity index is 4.34. The van der Waals surface area contributed by atoms with Crippen LogP contribution in [0.5, 0.6) is 0 Å². The van der Waals surface area contributed by atoms with Crippen LogP contribution in [-0.2, 0) is 13.6 Å². The minimum atomic E-state index is -2.15. The van der Waals surface area contributed by atoms with E-state index in [9.17, 15) is 4.79 Å². The standard InChI is InChI=1S/C13H26O3Si/c1-5-8-9-11-17(15-4,10-6-2)16-12-13(14)7-3/h7H,3,5-6,8-12H2,1-2,4H3. The summed E-state index contributed by atoms with van der Waals surface area (Å²) in [5, 5.41) is 0. The summed E-state index contributed by atoms with van der Waals surface area (Å²) < 4.78 is 11.5. The van der Waals surface area contributed by atoms with E-state index in [1.807, 2.05) is 0 Å². The van der Waals surface area contributed by atoms with Crippen molar-refractivity contribution < 1.29 is 13.6 Å². The molecule has 0 aromatic rings. The largest absolute Gasteiger partial charge is 0.398 e. The van der Waals surface area contributed by atoms with Gasteiger partial charge in [-0.15, -0.1) is 0 Å². The topological polar surface area (TPSA) is 35.5 Å². The summed E-state index contributed by atoms with van der Waals surface area (Å²) in [5.74, 6) is -0.0643. The van der Waals surface area contributed by atoms with E-state index >= 15 is 0 Å². The molecule has 1 unspecified atom stereocenters. The second-order valence-corrected chi connectivity index (χ2v) is 7.80. The van der Waals surface area contributed by atoms with Crippen LogP contribution in [0.1, 0.15) is 39.5 Å². The molecule has 0 aromatic heterocycles. The lowest BCUT2D eigenvalue weighted by atomic mass is 10.3. The molecule has 1 atom stereocenters. The molecule has 0 aliphatic carbocycles. The van der Waals surface area contributed by atoms with Crippen LogP contribution in [0, 0.1) is 0 Å². The average Bonchev–Trinajstić information content (AvgIpc) is 2.35. The summed E-state index contributed by atoms with van der Waals surface area (Å²) in [4.78, 5) is 11.2. The van der Waals surface area contributed by atoms with Gasteiger partial charge in [0.15, 0.2) is 5.78 Å². The molecule has 17 heavy (non-hydrogen) atoms. The molecule has 4 heteroatoms. The highest BCUT2D eigenvalue weighted by atomic mass is 28.4. The average molecular weight is 258 g/mol. The van der Waals surface area contributed by atoms with Gasteiger partial charge >= 0.3 is 8.56 Å². The Kier molecular flexibility index (Phi) is 9.31. The van der Waals surface area contributed by atoms with E-state index in [-0.39, 0.29) is 12.4 Å². The van der Waals surface area contributed by atoms with Gasteiger partial charge in [0.25, 0.3) is 0 Å². The van der Waals surface area contributed by atoms with E-state index in [1.54, 1.807) is 7.11 Å². The summed E-state index contributed by atoms with van der Waals surface area (Å²) in [7, 11) is -0.440. The molecular formula is C13H26O3Si. The number of unbranched alkanes of at least 4 members (excludes halogenated alkanes) is 2. The smallest absolute Gasteiger partial charge is 0.338 e. The Bertz CT molecular complexity index is 231. The number of hydrogen-bond acceptors (Lipinski definition) is 3. The number of carbonyl (C=O) groups excluding carboxylic acids is 1. The third-order valence-corrected chi connectivity index (χ3v) is 6.66. The molecule has 0 radical (unpaired) electrons. The van der Waals surface area contributed by atoms with Crippen molar-refractivity contribution in [2.75, 3.05) is 13.7 Å². The molecular weight excluding hydrogens is 232 g/mol. The Labute approximate surface area is 106 Å². The van der Waals surface area contributed by atoms with Crippen molar-refractivity contribution in [1.82, 2.24) is 0 Å². The van der Waals surface area contributed by atoms with Crippen molar-refractivity contribution in [3.8, 4) is 0 Å². The maximum atomic E-state index is 11.2. The molecule has 0 aliphatic heterocycles. The number of hydrogen-bond donors (Lipinski definition) is 0. The van der Waals surface area contributed by atoms with Crippen molar-refractivity contribution in [2.45, 2.75) is 51.6 Å². The summed E-state index contributed by atoms with van der Waals surface area (Å²) in [6.45, 7) is 7.88. The van der Waals surface area contributed by atoms with Gasteiger partial charge < -0.3 is 8.85 Å². The molecule has 0 aromatic carbocycles. The van der Waals surface area contributed by atoms with Gasteiger partial charge in [-0.05, 0) is 18.2 Å². The van der Waals surface area contributed by atoms with Crippen LogP contribution < -0.4 is 0 Å². The normalized spacial score (nSPS) is 14.3. The van der Waals surface area contributed by atoms with Crippen molar-refractivity contribution in [2.24, 2.45) is 0 Å². The van der Waals surface area contributed by atoms with Crippen LogP contribution in [0.3, 0.4) is 0 Å². The van der Waals surface area contributed by atoms with E-state index in [4.69, 9.17) is 8.85 Å². The Morgan fingerprint density at radius 3 is 2.41 bits per heavy atom. The summed E-state index contributed by atoms with van der Waals surface area (Å²) in [5.41, 5.74) is 0. The van der Waals surface area contributed by atoms with Crippen molar-refractivity contribution >= 4 is 14.3 Å². The van der Waals surface area contributed by atoms with Gasteiger partial charge in [0, 0.05) is 7.11 Å². The second-order valence-electron chi connectivity index (χ2n) is 4.28. The first-order valence-electron chi connectivity index (χ1n) is 6.48. The fourth-order valence-corrected chi connectivity index (χ4v) is 4.84. The maximum absolute atomic E-state index is 11.2. The van der Waals surface area contributed by atoms with Crippen LogP contribution >= 0.6 is 0 Å². The monoisotopic (exact) mass is 258 g/mol. The van der Waals surface area contributed by atoms with Gasteiger partial charge in [-0.25, -0.2) is 0 Å². The van der Waals surface area contributed by atoms with Crippen LogP contribution in [0.2, 0.25) is 12.1 Å². The summed E-state index contributed by atoms with van der Waals surface area (Å²) in [6, 6.07) is 1.94. The molecule has 0 rings (SSSR count). The quantitative estimate of drug-likeness (QED) is 0.323. The highest BCUT2D eigenvalue weighted by molar-refractivity contribution is 6.67. The molecule has 0 saturated heterocycles. The van der Waals surface area contributed by atoms with E-state index in [0.29, 0.717) is 0 Å². The van der Waals surface area contributed by atoms with E-state index < -0.39 is 8.56 Å². The maximum Gasteiger partial charge on any atom is 0.338 e. The van der Waals surface area contributed by atoms with Gasteiger partial charge in [-0.2, -0.15) is 0 Å². The minimum Gasteiger partial charge on any atom is -0.398 e. The second kappa shape index (κ2) is 9.56. The summed E-state index contributed by atoms with van der Waals surface area (Å²) in [6.07, 6.45) is 5.85. The van der Waals surface area contributed by atoms with Crippen LogP contribution in [0.4, 0.5) is 0 Å². The van der Waals surface area contributed by atoms with Crippen molar-refractivity contribution in [1.29, 1.82) is 0 Å². The lowest BCUT2D eigenvalue weighted by Crippen LogP contribution is -2.42. The predicted octanol–water partition coefficient (Wildman–Crippen LogP) is 3.45. The SMILES string of the molecule is C=CC(=O)CO[Si](CCC)(CCCCC)OC. The molecule has 0 bridgehead atoms. The molecule has 0 N–H and O–H groups in total. The first-order valence-corrected chi connectivity index (χ1v) is 8.71. The zero-order chi connectivity index (χ0) is 13.1. The minimum absolute atomic E-state index is 0.0643. The Morgan fingerprint density at radius 1 is 1.24 bits per heavy atom. The number of carbonyl (C=O) groups is 1. The summed E-state index contributed by atoms with van der Waals surface area (Å²) >= 11 is 0. The molecule has 0 fully saturated rings. The third kappa shape index (κ3) is 6.76. The highest BCUT2D eigenvalue weighted by Crippen LogP contribution is 2.23. The van der Waals surface area contributed by atoms with Gasteiger partial charge in [0.05, 0.1) is 6.61 Å². The lowest BCUT2D eigenvalue weighted by Gasteiger charge is -2.28. The molecule has 100 valence electrons. The van der Waals surface area contributed by atoms with E-state index in [1.165, 1.54) is 18.9 Å². The first kappa shape index (κ1) is 16.5. The first-order chi connectivity index (χ1) is 8.14. The van der Waals surface area contributed by atoms with E-state index in [2.05, 4.69) is 20.4 Å². The lowest BCUT2D eigenvalue weighted by molar-refractivity contribution is -0.117. The molecule has 0 amide bonds. The van der Waals surface area contributed by atoms with Gasteiger partial charge in [0.2, 0.25) is 0 Å². The van der Waals surface area contributed by atoms with Gasteiger partial charge in [0.1, 0.15) is 0 Å². The molecule has 0 saturated carbocycles. The van der Waals surface area contributed by atoms with Crippen molar-refractivity contribution in [3.05, 3.63) is 12.7 Å². The van der Waals surface area contributed by atoms with Crippen LogP contribution in [-0.4, -0.2) is 28.1 Å². The molecule has 0 spiro atoms. The highest BCUT2D eigenvalue weighted by Gasteiger charge is 2.35. The van der Waals surface area contributed by atoms with E-state index in [0.717, 1.165) is 24.9 Å². The van der Waals surface area contributed by atoms with Crippen LogP contribution in [0.15, 0.2) is 12.7 Å². The molecule has 3 nitrogen and oxygen atoms in total. The molecule has 0 heterocycles.